The van der Waals surface area contributed by atoms with Crippen LogP contribution in [0.5, 0.6) is 0 Å². The summed E-state index contributed by atoms with van der Waals surface area (Å²) in [6, 6.07) is 0. The number of aromatic nitrogens is 3. The van der Waals surface area contributed by atoms with E-state index in [0.29, 0.717) is 17.3 Å². The maximum absolute atomic E-state index is 12.2. The molecule has 1 fully saturated rings. The molecule has 0 aliphatic carbocycles. The van der Waals surface area contributed by atoms with Crippen LogP contribution in [0.3, 0.4) is 0 Å². The maximum Gasteiger partial charge on any atom is 0.272 e. The normalized spacial score (nSPS) is 20.3. The second-order valence-electron chi connectivity index (χ2n) is 5.91. The number of nitrogens with zero attached hydrogens (tertiary/aromatic N) is 5. The van der Waals surface area contributed by atoms with Gasteiger partial charge in [0.2, 0.25) is 0 Å². The van der Waals surface area contributed by atoms with Crippen LogP contribution in [0.25, 0.3) is 0 Å². The summed E-state index contributed by atoms with van der Waals surface area (Å²) in [6.07, 6.45) is 7.51. The number of aliphatic hydroxyl groups excluding tert-OH is 1. The van der Waals surface area contributed by atoms with Gasteiger partial charge in [0.05, 0.1) is 12.3 Å². The van der Waals surface area contributed by atoms with Crippen LogP contribution in [0.15, 0.2) is 23.0 Å². The minimum Gasteiger partial charge on any atom is -0.387 e. The van der Waals surface area contributed by atoms with E-state index in [2.05, 4.69) is 15.3 Å². The van der Waals surface area contributed by atoms with Crippen LogP contribution >= 0.6 is 0 Å². The lowest BCUT2D eigenvalue weighted by molar-refractivity contribution is -0.128. The topological polar surface area (TPSA) is 83.6 Å². The molecule has 3 rings (SSSR count). The van der Waals surface area contributed by atoms with E-state index < -0.39 is 6.10 Å². The molecule has 1 N–H and O–H groups in total. The molecule has 0 saturated carbocycles. The monoisotopic (exact) mass is 303 g/mol. The number of amides is 1. The van der Waals surface area contributed by atoms with Crippen LogP contribution in [0.1, 0.15) is 38.0 Å². The maximum atomic E-state index is 12.2. The zero-order valence-corrected chi connectivity index (χ0v) is 12.7. The molecule has 2 aliphatic heterocycles. The Kier molecular flexibility index (Phi) is 4.33. The number of allylic oxidation sites excluding steroid dienone is 1. The molecule has 0 bridgehead atoms. The van der Waals surface area contributed by atoms with Crippen molar-refractivity contribution in [2.45, 2.75) is 38.8 Å². The van der Waals surface area contributed by atoms with Crippen molar-refractivity contribution in [1.82, 2.24) is 19.9 Å². The zero-order valence-electron chi connectivity index (χ0n) is 12.7. The van der Waals surface area contributed by atoms with Crippen molar-refractivity contribution in [1.29, 1.82) is 0 Å². The third-order valence-corrected chi connectivity index (χ3v) is 4.20. The Hall–Kier alpha value is -2.02. The number of rotatable bonds is 4. The summed E-state index contributed by atoms with van der Waals surface area (Å²) in [6.45, 7) is 3.98. The SMILES string of the molecule is CC(O)c1cn(CC2CCN(C(=O)C3=CCC=N3)CC2)nn1. The molecule has 7 nitrogen and oxygen atoms in total. The Morgan fingerprint density at radius 1 is 1.45 bits per heavy atom. The van der Waals surface area contributed by atoms with Gasteiger partial charge >= 0.3 is 0 Å². The molecule has 1 amide bonds. The number of hydrogen-bond donors (Lipinski definition) is 1. The fourth-order valence-corrected chi connectivity index (χ4v) is 2.85. The third kappa shape index (κ3) is 3.24. The van der Waals surface area contributed by atoms with Gasteiger partial charge in [-0.1, -0.05) is 5.21 Å². The fraction of sp³-hybridized carbons (Fsp3) is 0.600. The first-order chi connectivity index (χ1) is 10.6. The van der Waals surface area contributed by atoms with Crippen molar-refractivity contribution < 1.29 is 9.90 Å². The molecule has 1 saturated heterocycles. The van der Waals surface area contributed by atoms with Crippen molar-refractivity contribution in [3.05, 3.63) is 23.7 Å². The highest BCUT2D eigenvalue weighted by Crippen LogP contribution is 2.21. The lowest BCUT2D eigenvalue weighted by Crippen LogP contribution is -2.39. The molecule has 0 radical (unpaired) electrons. The average molecular weight is 303 g/mol. The van der Waals surface area contributed by atoms with E-state index in [1.807, 2.05) is 11.0 Å². The molecule has 118 valence electrons. The summed E-state index contributed by atoms with van der Waals surface area (Å²) in [4.78, 5) is 18.2. The molecule has 1 aromatic heterocycles. The van der Waals surface area contributed by atoms with Crippen LogP contribution in [0.2, 0.25) is 0 Å². The number of carbonyl (C=O) groups excluding carboxylic acids is 1. The van der Waals surface area contributed by atoms with Crippen molar-refractivity contribution in [2.24, 2.45) is 10.9 Å². The van der Waals surface area contributed by atoms with Crippen molar-refractivity contribution in [3.8, 4) is 0 Å². The summed E-state index contributed by atoms with van der Waals surface area (Å²) in [5.41, 5.74) is 1.18. The number of piperidine rings is 1. The van der Waals surface area contributed by atoms with Crippen LogP contribution in [0.4, 0.5) is 0 Å². The largest absolute Gasteiger partial charge is 0.387 e. The van der Waals surface area contributed by atoms with E-state index in [0.717, 1.165) is 38.9 Å². The smallest absolute Gasteiger partial charge is 0.272 e. The average Bonchev–Trinajstić information content (AvgIpc) is 3.19. The molecule has 1 aromatic rings. The van der Waals surface area contributed by atoms with Gasteiger partial charge in [-0.15, -0.1) is 5.10 Å². The van der Waals surface area contributed by atoms with Crippen molar-refractivity contribution in [3.63, 3.8) is 0 Å². The van der Waals surface area contributed by atoms with Gasteiger partial charge < -0.3 is 10.0 Å². The van der Waals surface area contributed by atoms with E-state index in [9.17, 15) is 9.90 Å². The number of likely N-dealkylation sites (tertiary alicyclic amines) is 1. The minimum atomic E-state index is -0.589. The first-order valence-electron chi connectivity index (χ1n) is 7.73. The summed E-state index contributed by atoms with van der Waals surface area (Å²) >= 11 is 0. The molecule has 0 aromatic carbocycles. The summed E-state index contributed by atoms with van der Waals surface area (Å²) < 4.78 is 1.79. The van der Waals surface area contributed by atoms with E-state index >= 15 is 0 Å². The van der Waals surface area contributed by atoms with Crippen molar-refractivity contribution in [2.75, 3.05) is 13.1 Å². The van der Waals surface area contributed by atoms with Gasteiger partial charge in [-0.2, -0.15) is 0 Å². The molecule has 0 spiro atoms. The minimum absolute atomic E-state index is 0.0457. The summed E-state index contributed by atoms with van der Waals surface area (Å²) in [5, 5.41) is 17.5. The van der Waals surface area contributed by atoms with Gasteiger partial charge in [0.1, 0.15) is 11.4 Å². The number of aliphatic hydroxyl groups is 1. The Morgan fingerprint density at radius 2 is 2.23 bits per heavy atom. The van der Waals surface area contributed by atoms with Crippen LogP contribution in [-0.4, -0.2) is 50.2 Å². The molecule has 1 atom stereocenters. The van der Waals surface area contributed by atoms with Gasteiger partial charge in [-0.05, 0) is 31.8 Å². The van der Waals surface area contributed by atoms with E-state index in [1.54, 1.807) is 24.0 Å². The number of hydrogen-bond acceptors (Lipinski definition) is 5. The summed E-state index contributed by atoms with van der Waals surface area (Å²) in [5.74, 6) is 0.526. The van der Waals surface area contributed by atoms with E-state index in [-0.39, 0.29) is 5.91 Å². The zero-order chi connectivity index (χ0) is 15.5. The Balaban J connectivity index is 1.51. The molecular formula is C15H21N5O2. The first-order valence-corrected chi connectivity index (χ1v) is 7.73. The van der Waals surface area contributed by atoms with Crippen LogP contribution in [-0.2, 0) is 11.3 Å². The molecule has 22 heavy (non-hydrogen) atoms. The predicted octanol–water partition coefficient (Wildman–Crippen LogP) is 0.928. The van der Waals surface area contributed by atoms with Crippen LogP contribution < -0.4 is 0 Å². The molecule has 1 unspecified atom stereocenters. The van der Waals surface area contributed by atoms with Gasteiger partial charge in [-0.3, -0.25) is 14.5 Å². The highest BCUT2D eigenvalue weighted by Gasteiger charge is 2.25. The van der Waals surface area contributed by atoms with Gasteiger partial charge in [-0.25, -0.2) is 0 Å². The lowest BCUT2D eigenvalue weighted by atomic mass is 9.96. The van der Waals surface area contributed by atoms with Crippen molar-refractivity contribution >= 4 is 12.1 Å². The molecular weight excluding hydrogens is 282 g/mol. The Labute approximate surface area is 129 Å². The second kappa shape index (κ2) is 6.39. The third-order valence-electron chi connectivity index (χ3n) is 4.20. The number of aliphatic imine (C=N–C) groups is 1. The molecule has 3 heterocycles. The Bertz CT molecular complexity index is 597. The van der Waals surface area contributed by atoms with E-state index in [4.69, 9.17) is 0 Å². The van der Waals surface area contributed by atoms with E-state index in [1.165, 1.54) is 0 Å². The number of carbonyl (C=O) groups is 1. The van der Waals surface area contributed by atoms with Gasteiger partial charge in [0, 0.05) is 32.3 Å². The quantitative estimate of drug-likeness (QED) is 0.897. The first kappa shape index (κ1) is 14.9. The fourth-order valence-electron chi connectivity index (χ4n) is 2.85. The second-order valence-corrected chi connectivity index (χ2v) is 5.91. The highest BCUT2D eigenvalue weighted by atomic mass is 16.3. The van der Waals surface area contributed by atoms with Crippen LogP contribution in [0, 0.1) is 5.92 Å². The van der Waals surface area contributed by atoms with Gasteiger partial charge in [0.25, 0.3) is 5.91 Å². The lowest BCUT2D eigenvalue weighted by Gasteiger charge is -2.31. The van der Waals surface area contributed by atoms with Gasteiger partial charge in [0.15, 0.2) is 0 Å². The highest BCUT2D eigenvalue weighted by molar-refractivity contribution is 5.96. The standard InChI is InChI=1S/C15H21N5O2/c1-11(21)14-10-20(18-17-14)9-12-4-7-19(8-5-12)15(22)13-3-2-6-16-13/h3,6,10-12,21H,2,4-5,7-9H2,1H3. The molecule has 2 aliphatic rings. The Morgan fingerprint density at radius 3 is 2.82 bits per heavy atom. The predicted molar refractivity (Wildman–Crippen MR) is 81.2 cm³/mol. The summed E-state index contributed by atoms with van der Waals surface area (Å²) in [7, 11) is 0. The molecule has 7 heteroatoms.